The minimum atomic E-state index is -3.64. The molecular formula is C25H33N6O9P. The van der Waals surface area contributed by atoms with Crippen LogP contribution in [0.5, 0.6) is 5.75 Å². The maximum Gasteiger partial charge on any atom is 0.342 e. The highest BCUT2D eigenvalue weighted by atomic mass is 31.2. The molecule has 0 bridgehead atoms. The van der Waals surface area contributed by atoms with Crippen LogP contribution >= 0.6 is 7.52 Å². The molecular weight excluding hydrogens is 559 g/mol. The van der Waals surface area contributed by atoms with E-state index in [2.05, 4.69) is 20.0 Å². The van der Waals surface area contributed by atoms with Crippen LogP contribution in [0.2, 0.25) is 0 Å². The molecule has 3 rings (SSSR count). The second kappa shape index (κ2) is 15.5. The molecule has 2 aromatic heterocycles. The number of rotatable bonds is 13. The number of nitrogens with zero attached hydrogens (tertiary/aromatic N) is 4. The summed E-state index contributed by atoms with van der Waals surface area (Å²) < 4.78 is 32.2. The van der Waals surface area contributed by atoms with Crippen molar-refractivity contribution >= 4 is 42.4 Å². The topological polar surface area (TPSA) is 218 Å². The van der Waals surface area contributed by atoms with Gasteiger partial charge >= 0.3 is 25.4 Å². The van der Waals surface area contributed by atoms with Crippen LogP contribution in [0, 0.1) is 0 Å². The lowest BCUT2D eigenvalue weighted by Crippen LogP contribution is -2.37. The molecule has 0 spiro atoms. The first-order valence-corrected chi connectivity index (χ1v) is 14.1. The highest BCUT2D eigenvalue weighted by molar-refractivity contribution is 7.57. The SMILES string of the molecule is CC(C)OC(=O)[C@@H](C)N[P@@](=O)(CO[C@H](C)Cn1cnc2c(N)ncnc21)Oc1ccccc1.O=C(O)/C=C/C(=O)O. The normalized spacial score (nSPS) is 14.1. The van der Waals surface area contributed by atoms with Crippen LogP contribution in [-0.2, 0) is 35.0 Å². The summed E-state index contributed by atoms with van der Waals surface area (Å²) in [6, 6.07) is 7.83. The average molecular weight is 593 g/mol. The number of nitrogen functional groups attached to an aromatic ring is 1. The Balaban J connectivity index is 0.000000642. The number of benzene rings is 1. The van der Waals surface area contributed by atoms with Gasteiger partial charge in [0.15, 0.2) is 11.5 Å². The molecule has 0 aliphatic heterocycles. The fourth-order valence-corrected chi connectivity index (χ4v) is 4.94. The van der Waals surface area contributed by atoms with Crippen molar-refractivity contribution in [2.75, 3.05) is 12.1 Å². The molecule has 0 saturated heterocycles. The molecule has 0 unspecified atom stereocenters. The smallest absolute Gasteiger partial charge is 0.342 e. The molecule has 0 fully saturated rings. The fourth-order valence-electron chi connectivity index (χ4n) is 3.15. The zero-order valence-corrected chi connectivity index (χ0v) is 23.8. The van der Waals surface area contributed by atoms with Crippen LogP contribution < -0.4 is 15.3 Å². The van der Waals surface area contributed by atoms with Crippen molar-refractivity contribution < 1.29 is 43.2 Å². The van der Waals surface area contributed by atoms with Gasteiger partial charge in [0, 0.05) is 12.2 Å². The van der Waals surface area contributed by atoms with Gasteiger partial charge < -0.3 is 34.5 Å². The molecule has 5 N–H and O–H groups in total. The van der Waals surface area contributed by atoms with E-state index in [0.29, 0.717) is 41.4 Å². The summed E-state index contributed by atoms with van der Waals surface area (Å²) in [6.45, 7) is 7.25. The fraction of sp³-hybridized carbons (Fsp3) is 0.360. The van der Waals surface area contributed by atoms with Crippen molar-refractivity contribution in [2.45, 2.75) is 52.5 Å². The second-order valence-corrected chi connectivity index (χ2v) is 10.9. The number of fused-ring (bicyclic) bond motifs is 1. The number of aliphatic carboxylic acids is 2. The summed E-state index contributed by atoms with van der Waals surface area (Å²) >= 11 is 0. The minimum absolute atomic E-state index is 0.272. The number of carbonyl (C=O) groups excluding carboxylic acids is 1. The lowest BCUT2D eigenvalue weighted by Gasteiger charge is -2.25. The number of carboxylic acid groups (broad SMARTS) is 2. The Kier molecular flexibility index (Phi) is 12.4. The third-order valence-electron chi connectivity index (χ3n) is 4.87. The number of nitrogens with one attached hydrogen (secondary N) is 1. The van der Waals surface area contributed by atoms with E-state index in [-0.39, 0.29) is 18.6 Å². The van der Waals surface area contributed by atoms with Gasteiger partial charge in [0.2, 0.25) is 0 Å². The summed E-state index contributed by atoms with van der Waals surface area (Å²) in [5.74, 6) is -2.36. The van der Waals surface area contributed by atoms with Gasteiger partial charge in [0.25, 0.3) is 0 Å². The molecule has 1 aromatic carbocycles. The van der Waals surface area contributed by atoms with Gasteiger partial charge in [-0.25, -0.2) is 29.6 Å². The Hall–Kier alpha value is -4.33. The molecule has 0 amide bonds. The van der Waals surface area contributed by atoms with E-state index >= 15 is 0 Å². The molecule has 2 heterocycles. The van der Waals surface area contributed by atoms with Crippen molar-refractivity contribution in [1.82, 2.24) is 24.6 Å². The number of imidazole rings is 1. The minimum Gasteiger partial charge on any atom is -0.478 e. The average Bonchev–Trinajstić information content (AvgIpc) is 3.30. The Labute approximate surface area is 235 Å². The van der Waals surface area contributed by atoms with Gasteiger partial charge in [0.1, 0.15) is 30.0 Å². The Morgan fingerprint density at radius 2 is 1.68 bits per heavy atom. The number of esters is 1. The summed E-state index contributed by atoms with van der Waals surface area (Å²) in [5.41, 5.74) is 6.91. The maximum absolute atomic E-state index is 13.6. The summed E-state index contributed by atoms with van der Waals surface area (Å²) in [6.07, 6.45) is 3.13. The first kappa shape index (κ1) is 32.9. The molecule has 15 nitrogen and oxygen atoms in total. The zero-order valence-electron chi connectivity index (χ0n) is 22.9. The molecule has 3 aromatic rings. The number of carboxylic acids is 2. The summed E-state index contributed by atoms with van der Waals surface area (Å²) in [5, 5.41) is 18.4. The van der Waals surface area contributed by atoms with E-state index in [1.54, 1.807) is 55.9 Å². The lowest BCUT2D eigenvalue weighted by molar-refractivity contribution is -0.149. The standard InChI is InChI=1S/C21H29N6O5P.C4H4O4/c1-14(2)31-21(28)16(4)26-33(29,32-17-8-6-5-7-9-17)13-30-15(3)10-27-12-25-18-19(22)23-11-24-20(18)27;5-3(6)1-2-4(7)8/h5-9,11-12,14-16H,10,13H2,1-4H3,(H,26,29)(H2,22,23,24);1-2H,(H,5,6)(H,7,8)/b;2-1+/t15-,16-,33-;/m1./s1. The van der Waals surface area contributed by atoms with E-state index in [4.69, 9.17) is 29.9 Å². The Morgan fingerprint density at radius 3 is 2.27 bits per heavy atom. The van der Waals surface area contributed by atoms with Gasteiger partial charge in [-0.2, -0.15) is 0 Å². The molecule has 3 atom stereocenters. The van der Waals surface area contributed by atoms with Crippen LogP contribution in [0.15, 0.2) is 55.1 Å². The van der Waals surface area contributed by atoms with Gasteiger partial charge in [-0.3, -0.25) is 9.36 Å². The number of hydrogen-bond donors (Lipinski definition) is 4. The van der Waals surface area contributed by atoms with Crippen LogP contribution in [0.25, 0.3) is 11.2 Å². The monoisotopic (exact) mass is 592 g/mol. The van der Waals surface area contributed by atoms with E-state index in [1.807, 2.05) is 13.0 Å². The lowest BCUT2D eigenvalue weighted by atomic mass is 10.3. The van der Waals surface area contributed by atoms with E-state index in [9.17, 15) is 18.9 Å². The zero-order chi connectivity index (χ0) is 30.6. The largest absolute Gasteiger partial charge is 0.478 e. The quantitative estimate of drug-likeness (QED) is 0.127. The molecule has 41 heavy (non-hydrogen) atoms. The van der Waals surface area contributed by atoms with Gasteiger partial charge in [0.05, 0.1) is 25.1 Å². The van der Waals surface area contributed by atoms with E-state index in [1.165, 1.54) is 6.33 Å². The van der Waals surface area contributed by atoms with Crippen molar-refractivity contribution in [3.63, 3.8) is 0 Å². The summed E-state index contributed by atoms with van der Waals surface area (Å²) in [4.78, 5) is 43.7. The number of ether oxygens (including phenoxy) is 2. The van der Waals surface area contributed by atoms with E-state index < -0.39 is 31.5 Å². The van der Waals surface area contributed by atoms with Crippen molar-refractivity contribution in [3.8, 4) is 5.75 Å². The number of para-hydroxylation sites is 1. The Bertz CT molecular complexity index is 1380. The van der Waals surface area contributed by atoms with Crippen molar-refractivity contribution in [2.24, 2.45) is 0 Å². The number of hydrogen-bond acceptors (Lipinski definition) is 11. The number of nitrogens with two attached hydrogens (primary N) is 1. The molecule has 16 heteroatoms. The number of carbonyl (C=O) groups is 3. The number of aromatic nitrogens is 4. The molecule has 0 aliphatic rings. The highest BCUT2D eigenvalue weighted by Gasteiger charge is 2.32. The highest BCUT2D eigenvalue weighted by Crippen LogP contribution is 2.44. The van der Waals surface area contributed by atoms with Gasteiger partial charge in [-0.15, -0.1) is 0 Å². The summed E-state index contributed by atoms with van der Waals surface area (Å²) in [7, 11) is -3.64. The van der Waals surface area contributed by atoms with Gasteiger partial charge in [-0.1, -0.05) is 18.2 Å². The molecule has 0 saturated carbocycles. The van der Waals surface area contributed by atoms with Crippen molar-refractivity contribution in [1.29, 1.82) is 0 Å². The van der Waals surface area contributed by atoms with Gasteiger partial charge in [-0.05, 0) is 39.8 Å². The van der Waals surface area contributed by atoms with Crippen LogP contribution in [-0.4, -0.2) is 72.2 Å². The van der Waals surface area contributed by atoms with E-state index in [0.717, 1.165) is 0 Å². The first-order chi connectivity index (χ1) is 19.3. The van der Waals surface area contributed by atoms with Crippen LogP contribution in [0.4, 0.5) is 5.82 Å². The predicted octanol–water partition coefficient (Wildman–Crippen LogP) is 2.68. The Morgan fingerprint density at radius 1 is 1.05 bits per heavy atom. The van der Waals surface area contributed by atoms with Crippen LogP contribution in [0.1, 0.15) is 27.7 Å². The van der Waals surface area contributed by atoms with Crippen molar-refractivity contribution in [3.05, 3.63) is 55.1 Å². The number of anilines is 1. The second-order valence-electron chi connectivity index (χ2n) is 8.86. The molecule has 0 aliphatic carbocycles. The van der Waals surface area contributed by atoms with Crippen LogP contribution in [0.3, 0.4) is 0 Å². The molecule has 222 valence electrons. The third-order valence-corrected chi connectivity index (χ3v) is 6.65. The predicted molar refractivity (Wildman–Crippen MR) is 148 cm³/mol. The third kappa shape index (κ3) is 11.4. The first-order valence-electron chi connectivity index (χ1n) is 12.3. The maximum atomic E-state index is 13.6. The molecule has 0 radical (unpaired) electrons.